The van der Waals surface area contributed by atoms with Gasteiger partial charge in [0, 0.05) is 12.8 Å². The van der Waals surface area contributed by atoms with Crippen LogP contribution in [0.3, 0.4) is 0 Å². The first-order chi connectivity index (χ1) is 36.5. The third-order valence-electron chi connectivity index (χ3n) is 15.4. The van der Waals surface area contributed by atoms with Crippen molar-refractivity contribution in [3.63, 3.8) is 0 Å². The summed E-state index contributed by atoms with van der Waals surface area (Å²) in [5, 5.41) is 23.4. The molecule has 3 N–H and O–H groups in total. The van der Waals surface area contributed by atoms with Crippen molar-refractivity contribution in [1.29, 1.82) is 0 Å². The lowest BCUT2D eigenvalue weighted by Gasteiger charge is -2.22. The second kappa shape index (κ2) is 63.6. The zero-order valence-corrected chi connectivity index (χ0v) is 49.8. The quantitative estimate of drug-likeness (QED) is 0.0320. The van der Waals surface area contributed by atoms with E-state index in [0.717, 1.165) is 77.0 Å². The number of amides is 1. The normalized spacial score (nSPS) is 12.8. The molecule has 6 nitrogen and oxygen atoms in total. The van der Waals surface area contributed by atoms with Crippen molar-refractivity contribution in [3.05, 3.63) is 36.5 Å². The molecular formula is C68H129NO5. The molecule has 0 rings (SSSR count). The van der Waals surface area contributed by atoms with Gasteiger partial charge in [0.1, 0.15) is 0 Å². The molecule has 0 saturated heterocycles. The number of unbranched alkanes of at least 4 members (excludes halogenated alkanes) is 45. The lowest BCUT2D eigenvalue weighted by Crippen LogP contribution is -2.45. The number of aliphatic hydroxyl groups excluding tert-OH is 2. The average Bonchev–Trinajstić information content (AvgIpc) is 3.40. The summed E-state index contributed by atoms with van der Waals surface area (Å²) >= 11 is 0. The molecule has 0 aromatic heterocycles. The van der Waals surface area contributed by atoms with E-state index in [1.165, 1.54) is 250 Å². The summed E-state index contributed by atoms with van der Waals surface area (Å²) in [7, 11) is 0. The first-order valence-corrected chi connectivity index (χ1v) is 33.2. The molecule has 436 valence electrons. The summed E-state index contributed by atoms with van der Waals surface area (Å²) < 4.78 is 5.48. The molecular weight excluding hydrogens is 911 g/mol. The van der Waals surface area contributed by atoms with Crippen LogP contribution in [0.1, 0.15) is 361 Å². The lowest BCUT2D eigenvalue weighted by molar-refractivity contribution is -0.143. The molecule has 6 heteroatoms. The van der Waals surface area contributed by atoms with Gasteiger partial charge in [-0.15, -0.1) is 0 Å². The molecule has 0 bridgehead atoms. The van der Waals surface area contributed by atoms with Crippen LogP contribution in [-0.2, 0) is 14.3 Å². The first kappa shape index (κ1) is 72.1. The van der Waals surface area contributed by atoms with Crippen molar-refractivity contribution in [2.45, 2.75) is 373 Å². The number of allylic oxidation sites excluding steroid dienone is 6. The predicted octanol–water partition coefficient (Wildman–Crippen LogP) is 21.1. The van der Waals surface area contributed by atoms with Gasteiger partial charge < -0.3 is 20.3 Å². The Bertz CT molecular complexity index is 1200. The van der Waals surface area contributed by atoms with Gasteiger partial charge in [-0.3, -0.25) is 9.59 Å². The van der Waals surface area contributed by atoms with Gasteiger partial charge in [-0.05, 0) is 83.5 Å². The van der Waals surface area contributed by atoms with Crippen molar-refractivity contribution >= 4 is 11.9 Å². The molecule has 0 aromatic rings. The molecule has 0 aliphatic carbocycles. The smallest absolute Gasteiger partial charge is 0.305 e. The number of rotatable bonds is 62. The Hall–Kier alpha value is -1.92. The van der Waals surface area contributed by atoms with Crippen molar-refractivity contribution in [3.8, 4) is 0 Å². The summed E-state index contributed by atoms with van der Waals surface area (Å²) in [5.74, 6) is -0.0600. The third kappa shape index (κ3) is 59.3. The molecule has 0 saturated carbocycles. The Balaban J connectivity index is 3.45. The highest BCUT2D eigenvalue weighted by Crippen LogP contribution is 2.18. The number of carbonyl (C=O) groups excluding carboxylic acids is 2. The summed E-state index contributed by atoms with van der Waals surface area (Å²) in [6, 6.07) is -0.555. The largest absolute Gasteiger partial charge is 0.466 e. The van der Waals surface area contributed by atoms with Crippen LogP contribution in [-0.4, -0.2) is 47.4 Å². The molecule has 0 heterocycles. The van der Waals surface area contributed by atoms with Gasteiger partial charge in [-0.1, -0.05) is 301 Å². The summed E-state index contributed by atoms with van der Waals surface area (Å²) in [4.78, 5) is 24.6. The molecule has 74 heavy (non-hydrogen) atoms. The summed E-state index contributed by atoms with van der Waals surface area (Å²) in [5.41, 5.74) is 0. The Morgan fingerprint density at radius 1 is 0.378 bits per heavy atom. The van der Waals surface area contributed by atoms with Crippen LogP contribution in [0.15, 0.2) is 36.5 Å². The topological polar surface area (TPSA) is 95.9 Å². The van der Waals surface area contributed by atoms with Gasteiger partial charge in [-0.25, -0.2) is 0 Å². The molecule has 0 aliphatic heterocycles. The summed E-state index contributed by atoms with van der Waals surface area (Å²) in [6.45, 7) is 4.92. The number of hydrogen-bond donors (Lipinski definition) is 3. The van der Waals surface area contributed by atoms with E-state index in [0.29, 0.717) is 25.9 Å². The van der Waals surface area contributed by atoms with E-state index in [4.69, 9.17) is 4.74 Å². The second-order valence-electron chi connectivity index (χ2n) is 22.8. The summed E-state index contributed by atoms with van der Waals surface area (Å²) in [6.07, 6.45) is 80.2. The number of aliphatic hydroxyl groups is 2. The van der Waals surface area contributed by atoms with Crippen molar-refractivity contribution < 1.29 is 24.5 Å². The van der Waals surface area contributed by atoms with E-state index in [2.05, 4.69) is 55.6 Å². The van der Waals surface area contributed by atoms with Crippen LogP contribution in [0, 0.1) is 0 Å². The highest BCUT2D eigenvalue weighted by atomic mass is 16.5. The fourth-order valence-electron chi connectivity index (χ4n) is 10.3. The molecule has 0 radical (unpaired) electrons. The molecule has 0 aliphatic rings. The maximum absolute atomic E-state index is 12.5. The minimum atomic E-state index is -0.677. The number of carbonyl (C=O) groups is 2. The number of ether oxygens (including phenoxy) is 1. The zero-order chi connectivity index (χ0) is 53.6. The van der Waals surface area contributed by atoms with Crippen LogP contribution in [0.4, 0.5) is 0 Å². The van der Waals surface area contributed by atoms with E-state index in [9.17, 15) is 19.8 Å². The Morgan fingerprint density at radius 3 is 1.07 bits per heavy atom. The monoisotopic (exact) mass is 1040 g/mol. The molecule has 2 unspecified atom stereocenters. The SMILES string of the molecule is CCCCC/C=C\C/C=C\CCCCCCCCCCCC(=O)OCCCCCC/C=C\CCCCCCCCCC(=O)NC(CO)C(O)CCCCCCCCCCCCCCCCCCCCCCCCC. The van der Waals surface area contributed by atoms with Crippen LogP contribution in [0.5, 0.6) is 0 Å². The fourth-order valence-corrected chi connectivity index (χ4v) is 10.3. The first-order valence-electron chi connectivity index (χ1n) is 33.2. The number of esters is 1. The minimum absolute atomic E-state index is 0.0130. The molecule has 0 spiro atoms. The van der Waals surface area contributed by atoms with Crippen LogP contribution in [0.2, 0.25) is 0 Å². The van der Waals surface area contributed by atoms with Gasteiger partial charge in [0.25, 0.3) is 0 Å². The van der Waals surface area contributed by atoms with Gasteiger partial charge >= 0.3 is 5.97 Å². The standard InChI is InChI=1S/C68H129NO5/c1-3-5-7-9-11-13-15-17-19-21-23-24-25-26-28-29-32-36-40-44-48-52-56-60-66(71)65(64-70)69-67(72)61-57-53-49-45-41-37-33-31-35-39-43-47-51-55-59-63-74-68(73)62-58-54-50-46-42-38-34-30-27-22-20-18-16-14-12-10-8-6-4-2/h12,14,18,20,35,39,65-66,70-71H,3-11,13,15-17,19,21-34,36-38,40-64H2,1-2H3,(H,69,72)/b14-12-,20-18-,39-35-. The third-order valence-corrected chi connectivity index (χ3v) is 15.4. The number of hydrogen-bond acceptors (Lipinski definition) is 5. The molecule has 0 fully saturated rings. The highest BCUT2D eigenvalue weighted by Gasteiger charge is 2.20. The van der Waals surface area contributed by atoms with Gasteiger partial charge in [0.2, 0.25) is 5.91 Å². The molecule has 0 aromatic carbocycles. The fraction of sp³-hybridized carbons (Fsp3) is 0.882. The van der Waals surface area contributed by atoms with Crippen molar-refractivity contribution in [2.24, 2.45) is 0 Å². The van der Waals surface area contributed by atoms with Gasteiger partial charge in [0.05, 0.1) is 25.4 Å². The Morgan fingerprint density at radius 2 is 0.676 bits per heavy atom. The van der Waals surface area contributed by atoms with E-state index in [-0.39, 0.29) is 18.5 Å². The molecule has 2 atom stereocenters. The van der Waals surface area contributed by atoms with Crippen LogP contribution >= 0.6 is 0 Å². The minimum Gasteiger partial charge on any atom is -0.466 e. The number of nitrogens with one attached hydrogen (secondary N) is 1. The van der Waals surface area contributed by atoms with Gasteiger partial charge in [0.15, 0.2) is 0 Å². The Labute approximate surface area is 462 Å². The lowest BCUT2D eigenvalue weighted by atomic mass is 10.0. The van der Waals surface area contributed by atoms with Crippen molar-refractivity contribution in [1.82, 2.24) is 5.32 Å². The van der Waals surface area contributed by atoms with Crippen molar-refractivity contribution in [2.75, 3.05) is 13.2 Å². The maximum Gasteiger partial charge on any atom is 0.305 e. The zero-order valence-electron chi connectivity index (χ0n) is 49.8. The second-order valence-corrected chi connectivity index (χ2v) is 22.8. The van der Waals surface area contributed by atoms with Crippen LogP contribution in [0.25, 0.3) is 0 Å². The maximum atomic E-state index is 12.5. The predicted molar refractivity (Wildman–Crippen MR) is 324 cm³/mol. The van der Waals surface area contributed by atoms with E-state index in [1.807, 2.05) is 0 Å². The van der Waals surface area contributed by atoms with E-state index in [1.54, 1.807) is 0 Å². The average molecular weight is 1040 g/mol. The highest BCUT2D eigenvalue weighted by molar-refractivity contribution is 5.76. The molecule has 1 amide bonds. The van der Waals surface area contributed by atoms with E-state index < -0.39 is 12.1 Å². The van der Waals surface area contributed by atoms with E-state index >= 15 is 0 Å². The van der Waals surface area contributed by atoms with Crippen LogP contribution < -0.4 is 5.32 Å². The van der Waals surface area contributed by atoms with Gasteiger partial charge in [-0.2, -0.15) is 0 Å². The Kier molecular flexibility index (Phi) is 62.0.